The molecule has 8 nitrogen and oxygen atoms in total. The SMILES string of the molecule is CCOc1ccc2[nH]c(=O)c([C@H](c3nnnn3C(C)(C)C)[NH+]3CCCCCC3)cc2c1. The van der Waals surface area contributed by atoms with E-state index in [9.17, 15) is 4.79 Å². The fourth-order valence-corrected chi connectivity index (χ4v) is 4.54. The number of ether oxygens (including phenoxy) is 1. The molecular weight excluding hydrogens is 392 g/mol. The van der Waals surface area contributed by atoms with Gasteiger partial charge in [-0.25, -0.2) is 4.68 Å². The van der Waals surface area contributed by atoms with Crippen LogP contribution in [0.3, 0.4) is 0 Å². The topological polar surface area (TPSA) is 90.1 Å². The van der Waals surface area contributed by atoms with Crippen LogP contribution in [0.5, 0.6) is 5.75 Å². The zero-order valence-electron chi connectivity index (χ0n) is 18.9. The molecule has 1 aromatic carbocycles. The Labute approximate surface area is 182 Å². The largest absolute Gasteiger partial charge is 0.494 e. The molecular formula is C23H33N6O2+. The van der Waals surface area contributed by atoms with Crippen molar-refractivity contribution in [2.45, 2.75) is 65.0 Å². The predicted molar refractivity (Wildman–Crippen MR) is 120 cm³/mol. The van der Waals surface area contributed by atoms with Crippen LogP contribution < -0.4 is 15.2 Å². The summed E-state index contributed by atoms with van der Waals surface area (Å²) in [4.78, 5) is 17.7. The van der Waals surface area contributed by atoms with Crippen molar-refractivity contribution in [3.63, 3.8) is 0 Å². The monoisotopic (exact) mass is 425 g/mol. The molecule has 2 N–H and O–H groups in total. The predicted octanol–water partition coefficient (Wildman–Crippen LogP) is 2.22. The standard InChI is InChI=1S/C23H32N6O2/c1-5-31-17-10-11-19-16(14-17)15-18(22(30)24-19)20(28-12-8-6-7-9-13-28)21-25-26-27-29(21)23(2,3)4/h10-11,14-15,20H,5-9,12-13H2,1-4H3,(H,24,30)/p+1/t20-/m1/s1. The molecule has 3 aromatic rings. The van der Waals surface area contributed by atoms with E-state index in [1.54, 1.807) is 0 Å². The van der Waals surface area contributed by atoms with E-state index in [2.05, 4.69) is 41.3 Å². The molecule has 0 amide bonds. The van der Waals surface area contributed by atoms with Crippen molar-refractivity contribution in [2.75, 3.05) is 19.7 Å². The second kappa shape index (κ2) is 8.78. The first kappa shape index (κ1) is 21.5. The molecule has 0 aliphatic carbocycles. The first-order chi connectivity index (χ1) is 14.9. The van der Waals surface area contributed by atoms with Crippen molar-refractivity contribution in [3.05, 3.63) is 46.0 Å². The van der Waals surface area contributed by atoms with Crippen molar-refractivity contribution >= 4 is 10.9 Å². The number of fused-ring (bicyclic) bond motifs is 1. The van der Waals surface area contributed by atoms with E-state index in [0.717, 1.165) is 48.4 Å². The molecule has 1 aliphatic heterocycles. The smallest absolute Gasteiger partial charge is 0.258 e. The number of hydrogen-bond acceptors (Lipinski definition) is 5. The highest BCUT2D eigenvalue weighted by molar-refractivity contribution is 5.80. The minimum Gasteiger partial charge on any atom is -0.494 e. The van der Waals surface area contributed by atoms with Crippen LogP contribution in [0.1, 0.15) is 70.8 Å². The molecule has 166 valence electrons. The van der Waals surface area contributed by atoms with Gasteiger partial charge in [-0.2, -0.15) is 0 Å². The van der Waals surface area contributed by atoms with Gasteiger partial charge in [0.25, 0.3) is 5.56 Å². The van der Waals surface area contributed by atoms with Crippen molar-refractivity contribution in [1.29, 1.82) is 0 Å². The van der Waals surface area contributed by atoms with Crippen LogP contribution in [-0.2, 0) is 5.54 Å². The van der Waals surface area contributed by atoms with Gasteiger partial charge in [0.15, 0.2) is 6.04 Å². The van der Waals surface area contributed by atoms with Gasteiger partial charge >= 0.3 is 0 Å². The molecule has 0 radical (unpaired) electrons. The van der Waals surface area contributed by atoms with E-state index in [0.29, 0.717) is 12.2 Å². The Bertz CT molecular complexity index is 1090. The van der Waals surface area contributed by atoms with E-state index < -0.39 is 0 Å². The van der Waals surface area contributed by atoms with Gasteiger partial charge in [-0.05, 0) is 88.1 Å². The van der Waals surface area contributed by atoms with Crippen LogP contribution in [-0.4, -0.2) is 44.9 Å². The fourth-order valence-electron chi connectivity index (χ4n) is 4.54. The van der Waals surface area contributed by atoms with Gasteiger partial charge in [-0.1, -0.05) is 0 Å². The number of aromatic nitrogens is 5. The molecule has 0 spiro atoms. The maximum Gasteiger partial charge on any atom is 0.258 e. The normalized spacial score (nSPS) is 16.9. The Kier molecular flexibility index (Phi) is 6.09. The molecule has 8 heteroatoms. The molecule has 1 fully saturated rings. The van der Waals surface area contributed by atoms with Gasteiger partial charge < -0.3 is 14.6 Å². The van der Waals surface area contributed by atoms with Gasteiger partial charge in [-0.15, -0.1) is 5.10 Å². The Morgan fingerprint density at radius 1 is 1.16 bits per heavy atom. The summed E-state index contributed by atoms with van der Waals surface area (Å²) < 4.78 is 7.55. The average Bonchev–Trinajstić information content (AvgIpc) is 3.06. The minimum absolute atomic E-state index is 0.0816. The van der Waals surface area contributed by atoms with E-state index >= 15 is 0 Å². The van der Waals surface area contributed by atoms with Crippen LogP contribution >= 0.6 is 0 Å². The number of tetrazole rings is 1. The van der Waals surface area contributed by atoms with Crippen molar-refractivity contribution in [3.8, 4) is 5.75 Å². The fraction of sp³-hybridized carbons (Fsp3) is 0.565. The number of nitrogens with one attached hydrogen (secondary N) is 2. The quantitative estimate of drug-likeness (QED) is 0.654. The van der Waals surface area contributed by atoms with Crippen LogP contribution in [0.25, 0.3) is 10.9 Å². The molecule has 1 atom stereocenters. The lowest BCUT2D eigenvalue weighted by Crippen LogP contribution is -3.12. The molecule has 0 unspecified atom stereocenters. The Morgan fingerprint density at radius 3 is 2.58 bits per heavy atom. The van der Waals surface area contributed by atoms with Crippen LogP contribution in [0.15, 0.2) is 29.1 Å². The number of hydrogen-bond donors (Lipinski definition) is 2. The van der Waals surface area contributed by atoms with Crippen molar-refractivity contribution in [2.24, 2.45) is 0 Å². The number of aromatic amines is 1. The number of nitrogens with zero attached hydrogens (tertiary/aromatic N) is 4. The van der Waals surface area contributed by atoms with Crippen LogP contribution in [0, 0.1) is 0 Å². The number of likely N-dealkylation sites (tertiary alicyclic amines) is 1. The van der Waals surface area contributed by atoms with E-state index in [1.807, 2.05) is 35.9 Å². The third-order valence-corrected chi connectivity index (χ3v) is 6.01. The second-order valence-corrected chi connectivity index (χ2v) is 9.36. The molecule has 31 heavy (non-hydrogen) atoms. The highest BCUT2D eigenvalue weighted by atomic mass is 16.5. The summed E-state index contributed by atoms with van der Waals surface area (Å²) in [5.41, 5.74) is 1.14. The third-order valence-electron chi connectivity index (χ3n) is 6.01. The highest BCUT2D eigenvalue weighted by Gasteiger charge is 2.36. The second-order valence-electron chi connectivity index (χ2n) is 9.36. The summed E-state index contributed by atoms with van der Waals surface area (Å²) in [5, 5.41) is 13.7. The molecule has 4 rings (SSSR count). The number of pyridine rings is 1. The van der Waals surface area contributed by atoms with Gasteiger partial charge in [0.1, 0.15) is 5.75 Å². The summed E-state index contributed by atoms with van der Waals surface area (Å²) in [7, 11) is 0. The molecule has 1 saturated heterocycles. The minimum atomic E-state index is -0.284. The first-order valence-electron chi connectivity index (χ1n) is 11.3. The Hall–Kier alpha value is -2.74. The maximum atomic E-state index is 13.3. The molecule has 0 saturated carbocycles. The van der Waals surface area contributed by atoms with E-state index in [4.69, 9.17) is 4.74 Å². The summed E-state index contributed by atoms with van der Waals surface area (Å²) in [6.45, 7) is 10.8. The third kappa shape index (κ3) is 4.49. The Balaban J connectivity index is 1.89. The molecule has 0 bridgehead atoms. The number of rotatable bonds is 5. The number of H-pyrrole nitrogens is 1. The molecule has 3 heterocycles. The van der Waals surface area contributed by atoms with Gasteiger partial charge in [0.05, 0.1) is 30.8 Å². The van der Waals surface area contributed by atoms with Crippen LogP contribution in [0.4, 0.5) is 0 Å². The summed E-state index contributed by atoms with van der Waals surface area (Å²) >= 11 is 0. The number of benzene rings is 1. The summed E-state index contributed by atoms with van der Waals surface area (Å²) in [6, 6.07) is 7.55. The van der Waals surface area contributed by atoms with Crippen LogP contribution in [0.2, 0.25) is 0 Å². The summed E-state index contributed by atoms with van der Waals surface area (Å²) in [5.74, 6) is 1.54. The zero-order chi connectivity index (χ0) is 22.0. The van der Waals surface area contributed by atoms with E-state index in [-0.39, 0.29) is 17.1 Å². The lowest BCUT2D eigenvalue weighted by Gasteiger charge is -2.29. The maximum absolute atomic E-state index is 13.3. The number of quaternary nitrogens is 1. The first-order valence-corrected chi connectivity index (χ1v) is 11.3. The van der Waals surface area contributed by atoms with Gasteiger partial charge in [0, 0.05) is 10.9 Å². The van der Waals surface area contributed by atoms with Crippen molar-refractivity contribution < 1.29 is 9.64 Å². The highest BCUT2D eigenvalue weighted by Crippen LogP contribution is 2.25. The van der Waals surface area contributed by atoms with E-state index in [1.165, 1.54) is 17.7 Å². The molecule has 1 aliphatic rings. The zero-order valence-corrected chi connectivity index (χ0v) is 18.9. The lowest BCUT2D eigenvalue weighted by atomic mass is 10.0. The average molecular weight is 426 g/mol. The summed E-state index contributed by atoms with van der Waals surface area (Å²) in [6.07, 6.45) is 4.74. The Morgan fingerprint density at radius 2 is 1.90 bits per heavy atom. The van der Waals surface area contributed by atoms with Gasteiger partial charge in [0.2, 0.25) is 5.82 Å². The molecule has 2 aromatic heterocycles. The van der Waals surface area contributed by atoms with Gasteiger partial charge in [-0.3, -0.25) is 4.79 Å². The van der Waals surface area contributed by atoms with Crippen molar-refractivity contribution in [1.82, 2.24) is 25.2 Å². The lowest BCUT2D eigenvalue weighted by molar-refractivity contribution is -0.925.